The number of halogens is 1. The maximum Gasteiger partial charge on any atom is 0.241 e. The summed E-state index contributed by atoms with van der Waals surface area (Å²) < 4.78 is 34.8. The van der Waals surface area contributed by atoms with E-state index in [1.54, 1.807) is 20.1 Å². The van der Waals surface area contributed by atoms with Crippen molar-refractivity contribution in [3.8, 4) is 5.75 Å². The second kappa shape index (κ2) is 6.43. The number of hydrogen-bond acceptors (Lipinski definition) is 4. The first-order valence-electron chi connectivity index (χ1n) is 6.08. The Kier molecular flexibility index (Phi) is 5.60. The Morgan fingerprint density at radius 2 is 1.95 bits per heavy atom. The highest BCUT2D eigenvalue weighted by atomic mass is 79.9. The van der Waals surface area contributed by atoms with Gasteiger partial charge in [-0.3, -0.25) is 0 Å². The fourth-order valence-corrected chi connectivity index (χ4v) is 3.09. The van der Waals surface area contributed by atoms with E-state index < -0.39 is 10.0 Å². The van der Waals surface area contributed by atoms with Crippen molar-refractivity contribution in [3.05, 3.63) is 22.2 Å². The zero-order valence-corrected chi connectivity index (χ0v) is 14.5. The van der Waals surface area contributed by atoms with Crippen LogP contribution < -0.4 is 9.88 Å². The Balaban J connectivity index is 3.01. The van der Waals surface area contributed by atoms with Crippen molar-refractivity contribution in [2.45, 2.75) is 37.7 Å². The Hall–Kier alpha value is -0.630. The molecule has 0 aliphatic rings. The van der Waals surface area contributed by atoms with Crippen LogP contribution in [0.15, 0.2) is 21.5 Å². The summed E-state index contributed by atoms with van der Waals surface area (Å²) in [5.41, 5.74) is 0.379. The molecule has 7 heteroatoms. The van der Waals surface area contributed by atoms with E-state index in [1.807, 2.05) is 13.8 Å². The molecule has 5 nitrogen and oxygen atoms in total. The van der Waals surface area contributed by atoms with Crippen LogP contribution in [-0.4, -0.2) is 27.7 Å². The van der Waals surface area contributed by atoms with Gasteiger partial charge in [0.05, 0.1) is 12.2 Å². The molecule has 0 bridgehead atoms. The van der Waals surface area contributed by atoms with Gasteiger partial charge in [0, 0.05) is 18.0 Å². The number of methoxy groups -OCH3 is 1. The quantitative estimate of drug-likeness (QED) is 0.840. The number of sulfonamides is 1. The van der Waals surface area contributed by atoms with Gasteiger partial charge in [-0.1, -0.05) is 15.9 Å². The topological polar surface area (TPSA) is 78.6 Å². The monoisotopic (exact) mass is 365 g/mol. The van der Waals surface area contributed by atoms with Gasteiger partial charge in [-0.15, -0.1) is 0 Å². The van der Waals surface area contributed by atoms with Crippen molar-refractivity contribution in [1.29, 1.82) is 0 Å². The van der Waals surface area contributed by atoms with Crippen molar-refractivity contribution >= 4 is 26.0 Å². The van der Waals surface area contributed by atoms with Crippen molar-refractivity contribution in [3.63, 3.8) is 0 Å². The second-order valence-electron chi connectivity index (χ2n) is 5.16. The van der Waals surface area contributed by atoms with Crippen molar-refractivity contribution in [2.75, 3.05) is 13.7 Å². The first-order chi connectivity index (χ1) is 9.07. The van der Waals surface area contributed by atoms with Gasteiger partial charge >= 0.3 is 0 Å². The number of aryl methyl sites for hydroxylation is 1. The summed E-state index contributed by atoms with van der Waals surface area (Å²) in [4.78, 5) is -0.0143. The number of rotatable bonds is 6. The standard InChI is InChI=1S/C13H20BrNO4S/c1-9-7-10(14)8-11(20(15,16)17)12(9)19-6-5-13(2,3)18-4/h7-8H,5-6H2,1-4H3,(H2,15,16,17). The third-order valence-corrected chi connectivity index (χ3v) is 4.39. The second-order valence-corrected chi connectivity index (χ2v) is 7.60. The molecule has 0 fully saturated rings. The van der Waals surface area contributed by atoms with Crippen LogP contribution in [0.3, 0.4) is 0 Å². The molecule has 0 spiro atoms. The van der Waals surface area contributed by atoms with Crippen LogP contribution in [0.5, 0.6) is 5.75 Å². The number of benzene rings is 1. The Morgan fingerprint density at radius 3 is 2.45 bits per heavy atom. The van der Waals surface area contributed by atoms with E-state index in [1.165, 1.54) is 6.07 Å². The van der Waals surface area contributed by atoms with E-state index in [0.717, 1.165) is 0 Å². The van der Waals surface area contributed by atoms with E-state index in [-0.39, 0.29) is 10.5 Å². The lowest BCUT2D eigenvalue weighted by molar-refractivity contribution is 0.00516. The summed E-state index contributed by atoms with van der Waals surface area (Å²) in [7, 11) is -2.21. The van der Waals surface area contributed by atoms with Gasteiger partial charge in [0.25, 0.3) is 0 Å². The average molecular weight is 366 g/mol. The van der Waals surface area contributed by atoms with Crippen LogP contribution in [-0.2, 0) is 14.8 Å². The zero-order chi connectivity index (χ0) is 15.6. The van der Waals surface area contributed by atoms with Crippen LogP contribution in [0.2, 0.25) is 0 Å². The van der Waals surface area contributed by atoms with Crippen LogP contribution in [0.25, 0.3) is 0 Å². The van der Waals surface area contributed by atoms with E-state index in [4.69, 9.17) is 14.6 Å². The zero-order valence-electron chi connectivity index (χ0n) is 12.1. The summed E-state index contributed by atoms with van der Waals surface area (Å²) in [6.07, 6.45) is 0.628. The third-order valence-electron chi connectivity index (χ3n) is 3.01. The lowest BCUT2D eigenvalue weighted by Gasteiger charge is -2.23. The minimum Gasteiger partial charge on any atom is -0.492 e. The summed E-state index contributed by atoms with van der Waals surface area (Å²) >= 11 is 3.26. The highest BCUT2D eigenvalue weighted by molar-refractivity contribution is 9.10. The van der Waals surface area contributed by atoms with Gasteiger partial charge < -0.3 is 9.47 Å². The van der Waals surface area contributed by atoms with Gasteiger partial charge in [0.1, 0.15) is 10.6 Å². The van der Waals surface area contributed by atoms with Crippen molar-refractivity contribution in [1.82, 2.24) is 0 Å². The first kappa shape index (κ1) is 17.4. The molecule has 114 valence electrons. The van der Waals surface area contributed by atoms with Crippen LogP contribution in [0.4, 0.5) is 0 Å². The fourth-order valence-electron chi connectivity index (χ4n) is 1.60. The normalized spacial score (nSPS) is 12.5. The van der Waals surface area contributed by atoms with Crippen molar-refractivity contribution in [2.24, 2.45) is 5.14 Å². The first-order valence-corrected chi connectivity index (χ1v) is 8.41. The molecule has 0 radical (unpaired) electrons. The molecule has 0 unspecified atom stereocenters. The maximum atomic E-state index is 11.6. The molecule has 0 aromatic heterocycles. The van der Waals surface area contributed by atoms with Gasteiger partial charge in [0.2, 0.25) is 10.0 Å². The number of nitrogens with two attached hydrogens (primary N) is 1. The summed E-state index contributed by atoms with van der Waals surface area (Å²) in [6, 6.07) is 3.23. The molecule has 0 aliphatic heterocycles. The Morgan fingerprint density at radius 1 is 1.35 bits per heavy atom. The predicted octanol–water partition coefficient (Wildman–Crippen LogP) is 2.60. The SMILES string of the molecule is COC(C)(C)CCOc1c(C)cc(Br)cc1S(N)(=O)=O. The number of primary sulfonamides is 1. The number of hydrogen-bond donors (Lipinski definition) is 1. The molecule has 0 aliphatic carbocycles. The molecule has 0 amide bonds. The smallest absolute Gasteiger partial charge is 0.241 e. The molecule has 2 N–H and O–H groups in total. The van der Waals surface area contributed by atoms with Crippen molar-refractivity contribution < 1.29 is 17.9 Å². The molecule has 20 heavy (non-hydrogen) atoms. The lowest BCUT2D eigenvalue weighted by atomic mass is 10.1. The van der Waals surface area contributed by atoms with E-state index in [2.05, 4.69) is 15.9 Å². The molecule has 1 rings (SSSR count). The van der Waals surface area contributed by atoms with Gasteiger partial charge in [-0.25, -0.2) is 13.6 Å². The maximum absolute atomic E-state index is 11.6. The highest BCUT2D eigenvalue weighted by Gasteiger charge is 2.21. The molecule has 0 saturated heterocycles. The fraction of sp³-hybridized carbons (Fsp3) is 0.538. The predicted molar refractivity (Wildman–Crippen MR) is 81.5 cm³/mol. The van der Waals surface area contributed by atoms with E-state index in [9.17, 15) is 8.42 Å². The summed E-state index contributed by atoms with van der Waals surface area (Å²) in [6.45, 7) is 5.98. The van der Waals surface area contributed by atoms with E-state index >= 15 is 0 Å². The highest BCUT2D eigenvalue weighted by Crippen LogP contribution is 2.31. The minimum atomic E-state index is -3.84. The Labute approximate surface area is 128 Å². The molecule has 0 saturated carbocycles. The van der Waals surface area contributed by atoms with E-state index in [0.29, 0.717) is 28.8 Å². The molecular weight excluding hydrogens is 346 g/mol. The van der Waals surface area contributed by atoms with Crippen LogP contribution >= 0.6 is 15.9 Å². The molecule has 0 heterocycles. The Bertz CT molecular complexity index is 584. The molecular formula is C13H20BrNO4S. The van der Waals surface area contributed by atoms with Gasteiger partial charge in [-0.05, 0) is 38.5 Å². The molecule has 1 aromatic rings. The van der Waals surface area contributed by atoms with Crippen LogP contribution in [0, 0.1) is 6.92 Å². The largest absolute Gasteiger partial charge is 0.492 e. The third kappa shape index (κ3) is 4.73. The summed E-state index contributed by atoms with van der Waals surface area (Å²) in [5, 5.41) is 5.23. The number of ether oxygens (including phenoxy) is 2. The molecule has 1 aromatic carbocycles. The van der Waals surface area contributed by atoms with Gasteiger partial charge in [0.15, 0.2) is 0 Å². The molecule has 0 atom stereocenters. The van der Waals surface area contributed by atoms with Gasteiger partial charge in [-0.2, -0.15) is 0 Å². The van der Waals surface area contributed by atoms with Crippen LogP contribution in [0.1, 0.15) is 25.8 Å². The minimum absolute atomic E-state index is 0.0143. The lowest BCUT2D eigenvalue weighted by Crippen LogP contribution is -2.25. The average Bonchev–Trinajstić information content (AvgIpc) is 2.30. The summed E-state index contributed by atoms with van der Waals surface area (Å²) in [5.74, 6) is 0.294.